The summed E-state index contributed by atoms with van der Waals surface area (Å²) in [4.78, 5) is 104. The SMILES string of the molecule is CCCC[C@@H](C)C[C@@H]1NC(=O)C(CC2CCCCC2)N(C)C(=O)[C@H](CC(C)C)N[C@](C=O)(CC(C)C)N(C)C(=O)[C@H](C(C)C)NC(=O)[C@@H](CCC#N)OC(=O)[C@H](C)N(C)C1=O. The third-order valence-corrected chi connectivity index (χ3v) is 12.5. The average molecular weight is 858 g/mol. The van der Waals surface area contributed by atoms with Gasteiger partial charge in [0.25, 0.3) is 5.91 Å². The number of nitrogens with zero attached hydrogens (tertiary/aromatic N) is 4. The number of rotatable bonds is 15. The van der Waals surface area contributed by atoms with Crippen LogP contribution in [0.15, 0.2) is 0 Å². The molecule has 0 aromatic heterocycles. The van der Waals surface area contributed by atoms with Crippen molar-refractivity contribution in [2.45, 2.75) is 194 Å². The standard InChI is InChI=1S/C46H79N7O8/c1-13-14-19-32(8)25-35-42(57)51(10)33(9)45(60)61-38(22-18-23-47)41(56)49-39(31(6)7)44(59)53(12)46(28-54,27-30(4)5)50-36(24-29(2)3)43(58)52(11)37(40(55)48-35)26-34-20-16-15-17-21-34/h28-39,50H,13-22,24-27H2,1-12H3,(H,48,55)(H,49,56)/t32-,33+,35+,36+,37?,38-,39+,46-/m1/s1. The zero-order chi connectivity index (χ0) is 46.2. The molecular formula is C46H79N7O8. The first-order valence-electron chi connectivity index (χ1n) is 22.9. The van der Waals surface area contributed by atoms with Crippen molar-refractivity contribution in [1.29, 1.82) is 5.26 Å². The van der Waals surface area contributed by atoms with Crippen molar-refractivity contribution < 1.29 is 38.3 Å². The minimum atomic E-state index is -1.72. The van der Waals surface area contributed by atoms with E-state index in [9.17, 15) is 34.0 Å². The molecule has 2 rings (SSSR count). The summed E-state index contributed by atoms with van der Waals surface area (Å²) in [6.45, 7) is 16.7. The van der Waals surface area contributed by atoms with Crippen LogP contribution in [0.1, 0.15) is 152 Å². The summed E-state index contributed by atoms with van der Waals surface area (Å²) in [6.07, 6.45) is 7.45. The monoisotopic (exact) mass is 858 g/mol. The Bertz CT molecular complexity index is 1520. The Morgan fingerprint density at radius 3 is 2.00 bits per heavy atom. The number of hydrogen-bond donors (Lipinski definition) is 3. The fraction of sp³-hybridized carbons (Fsp3) is 0.826. The van der Waals surface area contributed by atoms with Crippen molar-refractivity contribution in [1.82, 2.24) is 30.7 Å². The van der Waals surface area contributed by atoms with Crippen LogP contribution in [0.3, 0.4) is 0 Å². The molecule has 15 heteroatoms. The lowest BCUT2D eigenvalue weighted by Gasteiger charge is -2.44. The molecule has 0 spiro atoms. The second kappa shape index (κ2) is 25.1. The quantitative estimate of drug-likeness (QED) is 0.147. The molecule has 15 nitrogen and oxygen atoms in total. The molecule has 1 unspecified atom stereocenters. The van der Waals surface area contributed by atoms with Crippen molar-refractivity contribution in [3.05, 3.63) is 0 Å². The number of aldehydes is 1. The number of nitriles is 1. The summed E-state index contributed by atoms with van der Waals surface area (Å²) in [5.74, 6) is -4.33. The third kappa shape index (κ3) is 15.4. The van der Waals surface area contributed by atoms with Gasteiger partial charge in [-0.05, 0) is 62.2 Å². The fourth-order valence-electron chi connectivity index (χ4n) is 8.65. The number of hydrogen-bond acceptors (Lipinski definition) is 10. The molecule has 346 valence electrons. The van der Waals surface area contributed by atoms with E-state index in [1.54, 1.807) is 20.9 Å². The summed E-state index contributed by atoms with van der Waals surface area (Å²) >= 11 is 0. The number of carbonyl (C=O) groups excluding carboxylic acids is 7. The van der Waals surface area contributed by atoms with E-state index in [0.29, 0.717) is 12.7 Å². The summed E-state index contributed by atoms with van der Waals surface area (Å²) < 4.78 is 5.73. The highest BCUT2D eigenvalue weighted by Gasteiger charge is 2.46. The lowest BCUT2D eigenvalue weighted by Crippen LogP contribution is -2.69. The zero-order valence-corrected chi connectivity index (χ0v) is 39.4. The van der Waals surface area contributed by atoms with Gasteiger partial charge in [-0.3, -0.25) is 34.1 Å². The summed E-state index contributed by atoms with van der Waals surface area (Å²) in [6, 6.07) is -3.47. The Kier molecular flexibility index (Phi) is 21.9. The van der Waals surface area contributed by atoms with Crippen LogP contribution < -0.4 is 16.0 Å². The lowest BCUT2D eigenvalue weighted by atomic mass is 9.84. The predicted octanol–water partition coefficient (Wildman–Crippen LogP) is 5.11. The van der Waals surface area contributed by atoms with Gasteiger partial charge in [-0.2, -0.15) is 5.26 Å². The molecule has 0 bridgehead atoms. The first-order valence-corrected chi connectivity index (χ1v) is 22.9. The van der Waals surface area contributed by atoms with Gasteiger partial charge in [-0.1, -0.05) is 107 Å². The van der Waals surface area contributed by atoms with Crippen molar-refractivity contribution >= 4 is 41.8 Å². The number of unbranched alkanes of at least 4 members (excludes halogenated alkanes) is 1. The summed E-state index contributed by atoms with van der Waals surface area (Å²) in [5.41, 5.74) is -1.72. The van der Waals surface area contributed by atoms with Crippen LogP contribution in [0.25, 0.3) is 0 Å². The van der Waals surface area contributed by atoms with Crippen molar-refractivity contribution in [3.63, 3.8) is 0 Å². The van der Waals surface area contributed by atoms with Crippen LogP contribution >= 0.6 is 0 Å². The maximum Gasteiger partial charge on any atom is 0.329 e. The van der Waals surface area contributed by atoms with Gasteiger partial charge in [0, 0.05) is 34.0 Å². The van der Waals surface area contributed by atoms with E-state index in [2.05, 4.69) is 22.9 Å². The van der Waals surface area contributed by atoms with Gasteiger partial charge in [0.2, 0.25) is 23.6 Å². The van der Waals surface area contributed by atoms with E-state index in [1.807, 2.05) is 40.7 Å². The van der Waals surface area contributed by atoms with Gasteiger partial charge >= 0.3 is 5.97 Å². The van der Waals surface area contributed by atoms with E-state index >= 15 is 4.79 Å². The molecule has 8 atom stereocenters. The van der Waals surface area contributed by atoms with Crippen LogP contribution in [0.2, 0.25) is 0 Å². The Hall–Kier alpha value is -4.06. The summed E-state index contributed by atoms with van der Waals surface area (Å²) in [5, 5.41) is 18.5. The number of esters is 1. The minimum absolute atomic E-state index is 0.0243. The van der Waals surface area contributed by atoms with Crippen molar-refractivity contribution in [2.75, 3.05) is 21.1 Å². The van der Waals surface area contributed by atoms with Crippen LogP contribution in [0, 0.1) is 40.9 Å². The van der Waals surface area contributed by atoms with Crippen LogP contribution in [0.5, 0.6) is 0 Å². The van der Waals surface area contributed by atoms with Crippen LogP contribution in [0.4, 0.5) is 0 Å². The molecule has 1 heterocycles. The first-order chi connectivity index (χ1) is 28.6. The Balaban J connectivity index is 2.92. The van der Waals surface area contributed by atoms with Gasteiger partial charge in [-0.25, -0.2) is 4.79 Å². The molecule has 1 aliphatic carbocycles. The summed E-state index contributed by atoms with van der Waals surface area (Å²) in [7, 11) is 4.49. The van der Waals surface area contributed by atoms with Gasteiger partial charge in [0.1, 0.15) is 24.2 Å². The highest BCUT2D eigenvalue weighted by molar-refractivity contribution is 5.96. The predicted molar refractivity (Wildman–Crippen MR) is 234 cm³/mol. The molecule has 2 fully saturated rings. The maximum atomic E-state index is 15.0. The van der Waals surface area contributed by atoms with E-state index in [4.69, 9.17) is 4.74 Å². The molecule has 3 N–H and O–H groups in total. The number of nitrogens with one attached hydrogen (secondary N) is 3. The van der Waals surface area contributed by atoms with Crippen molar-refractivity contribution in [2.24, 2.45) is 29.6 Å². The molecule has 5 amide bonds. The number of ether oxygens (including phenoxy) is 1. The molecule has 2 aliphatic rings. The van der Waals surface area contributed by atoms with E-state index < -0.39 is 83.4 Å². The molecule has 1 saturated heterocycles. The van der Waals surface area contributed by atoms with Gasteiger partial charge < -0.3 is 30.1 Å². The second-order valence-corrected chi connectivity index (χ2v) is 19.1. The molecular weight excluding hydrogens is 779 g/mol. The Labute approximate surface area is 366 Å². The lowest BCUT2D eigenvalue weighted by molar-refractivity contribution is -0.164. The smallest absolute Gasteiger partial charge is 0.329 e. The van der Waals surface area contributed by atoms with Crippen molar-refractivity contribution in [3.8, 4) is 6.07 Å². The van der Waals surface area contributed by atoms with Gasteiger partial charge in [0.15, 0.2) is 18.1 Å². The maximum absolute atomic E-state index is 15.0. The van der Waals surface area contributed by atoms with Gasteiger partial charge in [-0.15, -0.1) is 0 Å². The number of carbonyl (C=O) groups is 7. The minimum Gasteiger partial charge on any atom is -0.451 e. The topological polar surface area (TPSA) is 198 Å². The van der Waals surface area contributed by atoms with Crippen LogP contribution in [-0.4, -0.2) is 120 Å². The fourth-order valence-corrected chi connectivity index (χ4v) is 8.65. The molecule has 0 aromatic carbocycles. The highest BCUT2D eigenvalue weighted by Crippen LogP contribution is 2.30. The highest BCUT2D eigenvalue weighted by atomic mass is 16.5. The largest absolute Gasteiger partial charge is 0.451 e. The second-order valence-electron chi connectivity index (χ2n) is 19.1. The Morgan fingerprint density at radius 2 is 1.46 bits per heavy atom. The zero-order valence-electron chi connectivity index (χ0n) is 39.4. The van der Waals surface area contributed by atoms with E-state index in [0.717, 1.165) is 51.4 Å². The van der Waals surface area contributed by atoms with E-state index in [-0.39, 0.29) is 55.8 Å². The molecule has 1 saturated carbocycles. The molecule has 0 aromatic rings. The van der Waals surface area contributed by atoms with Gasteiger partial charge in [0.05, 0.1) is 12.1 Å². The molecule has 61 heavy (non-hydrogen) atoms. The first kappa shape index (κ1) is 53.1. The number of cyclic esters (lactones) is 1. The molecule has 1 aliphatic heterocycles. The normalized spacial score (nSPS) is 28.1. The average Bonchev–Trinajstić information content (AvgIpc) is 3.21. The van der Waals surface area contributed by atoms with Crippen LogP contribution in [-0.2, 0) is 38.3 Å². The molecule has 0 radical (unpaired) electrons. The van der Waals surface area contributed by atoms with E-state index in [1.165, 1.54) is 35.7 Å². The Morgan fingerprint density at radius 1 is 0.836 bits per heavy atom. The third-order valence-electron chi connectivity index (χ3n) is 12.5. The number of likely N-dealkylation sites (N-methyl/N-ethyl adjacent to an activating group) is 3. The number of amides is 5.